The minimum atomic E-state index is -1.17. The molecule has 130 valence electrons. The molecule has 0 saturated carbocycles. The van der Waals surface area contributed by atoms with E-state index in [1.54, 1.807) is 37.6 Å². The normalized spacial score (nSPS) is 12.2. The highest BCUT2D eigenvalue weighted by Crippen LogP contribution is 2.17. The molecular weight excluding hydrogens is 306 g/mol. The highest BCUT2D eigenvalue weighted by Gasteiger charge is 2.16. The molecule has 2 aromatic rings. The third-order valence-corrected chi connectivity index (χ3v) is 3.82. The number of methoxy groups -OCH3 is 1. The monoisotopic (exact) mass is 331 g/mol. The Hall–Kier alpha value is -2.34. The zero-order valence-corrected chi connectivity index (χ0v) is 14.4. The van der Waals surface area contributed by atoms with Gasteiger partial charge in [-0.3, -0.25) is 4.79 Å². The number of hydrogen-bond donors (Lipinski definition) is 2. The first kappa shape index (κ1) is 18.0. The summed E-state index contributed by atoms with van der Waals surface area (Å²) in [6, 6.07) is 6.81. The summed E-state index contributed by atoms with van der Waals surface area (Å²) in [5.74, 6) is 1.70. The number of nitrogens with one attached hydrogen (secondary N) is 1. The second-order valence-electron chi connectivity index (χ2n) is 5.95. The van der Waals surface area contributed by atoms with Crippen molar-refractivity contribution >= 4 is 5.91 Å². The van der Waals surface area contributed by atoms with Crippen molar-refractivity contribution in [2.24, 2.45) is 0 Å². The number of imidazole rings is 1. The number of ether oxygens (including phenoxy) is 1. The average molecular weight is 331 g/mol. The highest BCUT2D eigenvalue weighted by atomic mass is 16.5. The van der Waals surface area contributed by atoms with Crippen molar-refractivity contribution in [2.75, 3.05) is 13.7 Å². The number of aliphatic hydroxyl groups is 1. The van der Waals surface area contributed by atoms with E-state index in [0.717, 1.165) is 18.8 Å². The summed E-state index contributed by atoms with van der Waals surface area (Å²) < 4.78 is 7.15. The summed E-state index contributed by atoms with van der Waals surface area (Å²) in [6.45, 7) is 5.49. The molecular formula is C18H25N3O3. The molecule has 1 amide bonds. The van der Waals surface area contributed by atoms with Gasteiger partial charge in [0.15, 0.2) is 6.10 Å². The molecule has 1 heterocycles. The van der Waals surface area contributed by atoms with Crippen molar-refractivity contribution < 1.29 is 14.6 Å². The second kappa shape index (κ2) is 8.49. The number of aryl methyl sites for hydroxylation is 1. The van der Waals surface area contributed by atoms with E-state index < -0.39 is 12.0 Å². The van der Waals surface area contributed by atoms with Crippen LogP contribution in [0.3, 0.4) is 0 Å². The number of nitrogens with zero attached hydrogens (tertiary/aromatic N) is 2. The van der Waals surface area contributed by atoms with E-state index in [1.807, 2.05) is 6.20 Å². The molecule has 0 saturated heterocycles. The number of benzene rings is 1. The maximum Gasteiger partial charge on any atom is 0.253 e. The standard InChI is InChI=1S/C18H25N3O3/c1-13(2)17-19-10-12-21(17)11-4-9-20-18(23)16(22)14-5-7-15(24-3)8-6-14/h5-8,10,12-13,16,22H,4,9,11H2,1-3H3,(H,20,23). The van der Waals surface area contributed by atoms with Gasteiger partial charge in [0.2, 0.25) is 0 Å². The number of amides is 1. The van der Waals surface area contributed by atoms with Crippen LogP contribution in [0.2, 0.25) is 0 Å². The maximum absolute atomic E-state index is 12.0. The number of aliphatic hydroxyl groups excluding tert-OH is 1. The first-order valence-electron chi connectivity index (χ1n) is 8.13. The molecule has 1 aromatic heterocycles. The van der Waals surface area contributed by atoms with Crippen LogP contribution in [0.4, 0.5) is 0 Å². The SMILES string of the molecule is COc1ccc(C(O)C(=O)NCCCn2ccnc2C(C)C)cc1. The Morgan fingerprint density at radius 3 is 2.67 bits per heavy atom. The summed E-state index contributed by atoms with van der Waals surface area (Å²) in [5.41, 5.74) is 0.546. The van der Waals surface area contributed by atoms with Crippen LogP contribution < -0.4 is 10.1 Å². The Morgan fingerprint density at radius 2 is 2.04 bits per heavy atom. The number of aromatic nitrogens is 2. The molecule has 1 unspecified atom stereocenters. The molecule has 0 radical (unpaired) electrons. The zero-order chi connectivity index (χ0) is 17.5. The highest BCUT2D eigenvalue weighted by molar-refractivity contribution is 5.81. The molecule has 0 spiro atoms. The summed E-state index contributed by atoms with van der Waals surface area (Å²) in [4.78, 5) is 16.4. The molecule has 0 bridgehead atoms. The van der Waals surface area contributed by atoms with Gasteiger partial charge in [-0.05, 0) is 24.1 Å². The van der Waals surface area contributed by atoms with E-state index in [4.69, 9.17) is 4.74 Å². The number of carbonyl (C=O) groups excluding carboxylic acids is 1. The van der Waals surface area contributed by atoms with Crippen LogP contribution in [0.25, 0.3) is 0 Å². The van der Waals surface area contributed by atoms with E-state index >= 15 is 0 Å². The Morgan fingerprint density at radius 1 is 1.33 bits per heavy atom. The predicted molar refractivity (Wildman–Crippen MR) is 91.9 cm³/mol. The number of hydrogen-bond acceptors (Lipinski definition) is 4. The molecule has 2 N–H and O–H groups in total. The predicted octanol–water partition coefficient (Wildman–Crippen LogP) is 2.25. The molecule has 24 heavy (non-hydrogen) atoms. The smallest absolute Gasteiger partial charge is 0.253 e. The van der Waals surface area contributed by atoms with Crippen LogP contribution in [0.15, 0.2) is 36.7 Å². The lowest BCUT2D eigenvalue weighted by Gasteiger charge is -2.13. The first-order chi connectivity index (χ1) is 11.5. The molecule has 6 nitrogen and oxygen atoms in total. The Balaban J connectivity index is 1.79. The molecule has 0 aliphatic heterocycles. The van der Waals surface area contributed by atoms with Gasteiger partial charge in [0, 0.05) is 31.4 Å². The van der Waals surface area contributed by atoms with Crippen LogP contribution in [0, 0.1) is 0 Å². The molecule has 0 fully saturated rings. The molecule has 1 atom stereocenters. The van der Waals surface area contributed by atoms with Gasteiger partial charge in [-0.1, -0.05) is 26.0 Å². The second-order valence-corrected chi connectivity index (χ2v) is 5.95. The van der Waals surface area contributed by atoms with Gasteiger partial charge in [0.05, 0.1) is 7.11 Å². The summed E-state index contributed by atoms with van der Waals surface area (Å²) >= 11 is 0. The molecule has 6 heteroatoms. The van der Waals surface area contributed by atoms with E-state index in [0.29, 0.717) is 23.8 Å². The van der Waals surface area contributed by atoms with Crippen molar-refractivity contribution in [1.29, 1.82) is 0 Å². The van der Waals surface area contributed by atoms with Crippen LogP contribution in [-0.4, -0.2) is 34.2 Å². The fourth-order valence-electron chi connectivity index (χ4n) is 2.51. The summed E-state index contributed by atoms with van der Waals surface area (Å²) in [5, 5.41) is 12.9. The lowest BCUT2D eigenvalue weighted by molar-refractivity contribution is -0.129. The van der Waals surface area contributed by atoms with Crippen molar-refractivity contribution in [2.45, 2.75) is 38.8 Å². The van der Waals surface area contributed by atoms with E-state index in [1.165, 1.54) is 0 Å². The lowest BCUT2D eigenvalue weighted by atomic mass is 10.1. The van der Waals surface area contributed by atoms with Gasteiger partial charge < -0.3 is 19.7 Å². The van der Waals surface area contributed by atoms with Crippen LogP contribution in [0.1, 0.15) is 43.7 Å². The van der Waals surface area contributed by atoms with Gasteiger partial charge in [0.25, 0.3) is 5.91 Å². The van der Waals surface area contributed by atoms with Gasteiger partial charge in [0.1, 0.15) is 11.6 Å². The summed E-state index contributed by atoms with van der Waals surface area (Å²) in [7, 11) is 1.57. The number of rotatable bonds is 8. The Labute approximate surface area is 142 Å². The van der Waals surface area contributed by atoms with Gasteiger partial charge in [-0.2, -0.15) is 0 Å². The molecule has 0 aliphatic rings. The largest absolute Gasteiger partial charge is 0.497 e. The topological polar surface area (TPSA) is 76.4 Å². The molecule has 2 rings (SSSR count). The lowest BCUT2D eigenvalue weighted by Crippen LogP contribution is -2.30. The average Bonchev–Trinajstić information content (AvgIpc) is 3.06. The minimum absolute atomic E-state index is 0.367. The zero-order valence-electron chi connectivity index (χ0n) is 14.4. The van der Waals surface area contributed by atoms with Crippen molar-refractivity contribution in [1.82, 2.24) is 14.9 Å². The quantitative estimate of drug-likeness (QED) is 0.728. The fraction of sp³-hybridized carbons (Fsp3) is 0.444. The number of carbonyl (C=O) groups is 1. The fourth-order valence-corrected chi connectivity index (χ4v) is 2.51. The van der Waals surface area contributed by atoms with Crippen LogP contribution >= 0.6 is 0 Å². The van der Waals surface area contributed by atoms with E-state index in [-0.39, 0.29) is 0 Å². The first-order valence-corrected chi connectivity index (χ1v) is 8.13. The van der Waals surface area contributed by atoms with Crippen LogP contribution in [0.5, 0.6) is 5.75 Å². The van der Waals surface area contributed by atoms with Gasteiger partial charge in [-0.15, -0.1) is 0 Å². The van der Waals surface area contributed by atoms with Crippen molar-refractivity contribution in [3.8, 4) is 5.75 Å². The van der Waals surface area contributed by atoms with Gasteiger partial charge in [-0.25, -0.2) is 4.98 Å². The maximum atomic E-state index is 12.0. The van der Waals surface area contributed by atoms with E-state index in [9.17, 15) is 9.90 Å². The Bertz CT molecular complexity index is 650. The molecule has 0 aliphatic carbocycles. The van der Waals surface area contributed by atoms with E-state index in [2.05, 4.69) is 28.7 Å². The third kappa shape index (κ3) is 4.58. The molecule has 1 aromatic carbocycles. The summed E-state index contributed by atoms with van der Waals surface area (Å²) in [6.07, 6.45) is 3.34. The van der Waals surface area contributed by atoms with Crippen molar-refractivity contribution in [3.05, 3.63) is 48.0 Å². The Kier molecular flexibility index (Phi) is 6.37. The van der Waals surface area contributed by atoms with Crippen LogP contribution in [-0.2, 0) is 11.3 Å². The minimum Gasteiger partial charge on any atom is -0.497 e. The third-order valence-electron chi connectivity index (χ3n) is 3.82. The van der Waals surface area contributed by atoms with Gasteiger partial charge >= 0.3 is 0 Å². The van der Waals surface area contributed by atoms with Crippen molar-refractivity contribution in [3.63, 3.8) is 0 Å².